The molecule has 1 aromatic carbocycles. The average molecular weight is 383 g/mol. The molecule has 0 aliphatic heterocycles. The lowest BCUT2D eigenvalue weighted by Gasteiger charge is -2.12. The Balaban J connectivity index is 1.48. The summed E-state index contributed by atoms with van der Waals surface area (Å²) in [5.74, 6) is 2.53. The maximum atomic E-state index is 6.02. The van der Waals surface area contributed by atoms with Crippen LogP contribution in [0.2, 0.25) is 5.02 Å². The van der Waals surface area contributed by atoms with Crippen molar-refractivity contribution in [1.82, 2.24) is 25.2 Å². The third-order valence-electron chi connectivity index (χ3n) is 4.16. The van der Waals surface area contributed by atoms with E-state index in [-0.39, 0.29) is 0 Å². The Morgan fingerprint density at radius 2 is 2.04 bits per heavy atom. The molecule has 0 amide bonds. The zero-order valence-corrected chi connectivity index (χ0v) is 16.2. The van der Waals surface area contributed by atoms with E-state index in [1.807, 2.05) is 54.2 Å². The molecule has 0 atom stereocenters. The highest BCUT2D eigenvalue weighted by Gasteiger charge is 2.03. The van der Waals surface area contributed by atoms with Crippen LogP contribution in [0, 0.1) is 6.92 Å². The summed E-state index contributed by atoms with van der Waals surface area (Å²) in [7, 11) is 1.76. The Morgan fingerprint density at radius 1 is 1.15 bits per heavy atom. The molecule has 3 aromatic rings. The molecule has 2 N–H and O–H groups in total. The third-order valence-corrected chi connectivity index (χ3v) is 4.40. The molecule has 0 aliphatic carbocycles. The molecule has 0 unspecified atom stereocenters. The zero-order valence-electron chi connectivity index (χ0n) is 15.5. The Morgan fingerprint density at radius 3 is 2.70 bits per heavy atom. The number of hydrogen-bond acceptors (Lipinski definition) is 3. The molecule has 3 rings (SSSR count). The third kappa shape index (κ3) is 5.31. The van der Waals surface area contributed by atoms with Gasteiger partial charge in [-0.1, -0.05) is 29.8 Å². The van der Waals surface area contributed by atoms with Crippen molar-refractivity contribution in [3.63, 3.8) is 0 Å². The number of imidazole rings is 1. The fraction of sp³-hybridized carbons (Fsp3) is 0.250. The Hall–Kier alpha value is -2.86. The second-order valence-corrected chi connectivity index (χ2v) is 6.54. The maximum Gasteiger partial charge on any atom is 0.191 e. The van der Waals surface area contributed by atoms with E-state index in [9.17, 15) is 0 Å². The van der Waals surface area contributed by atoms with E-state index in [0.29, 0.717) is 6.54 Å². The van der Waals surface area contributed by atoms with Crippen LogP contribution in [0.25, 0.3) is 5.82 Å². The molecule has 0 saturated heterocycles. The number of nitrogens with one attached hydrogen (secondary N) is 2. The summed E-state index contributed by atoms with van der Waals surface area (Å²) in [6.07, 6.45) is 6.41. The van der Waals surface area contributed by atoms with E-state index in [0.717, 1.165) is 41.2 Å². The lowest BCUT2D eigenvalue weighted by atomic mass is 10.1. The van der Waals surface area contributed by atoms with Crippen LogP contribution in [0.5, 0.6) is 0 Å². The van der Waals surface area contributed by atoms with Gasteiger partial charge in [-0.3, -0.25) is 9.56 Å². The van der Waals surface area contributed by atoms with Gasteiger partial charge in [-0.2, -0.15) is 0 Å². The molecule has 27 heavy (non-hydrogen) atoms. The molecule has 0 radical (unpaired) electrons. The van der Waals surface area contributed by atoms with Gasteiger partial charge in [0, 0.05) is 43.8 Å². The van der Waals surface area contributed by atoms with E-state index in [2.05, 4.69) is 31.7 Å². The second kappa shape index (κ2) is 9.19. The molecule has 0 fully saturated rings. The summed E-state index contributed by atoms with van der Waals surface area (Å²) >= 11 is 6.02. The van der Waals surface area contributed by atoms with Gasteiger partial charge in [0.15, 0.2) is 5.96 Å². The Bertz CT molecular complexity index is 901. The van der Waals surface area contributed by atoms with Gasteiger partial charge in [-0.25, -0.2) is 9.97 Å². The van der Waals surface area contributed by atoms with Crippen LogP contribution in [0.4, 0.5) is 0 Å². The van der Waals surface area contributed by atoms with Crippen molar-refractivity contribution in [2.45, 2.75) is 19.9 Å². The SMILES string of the molecule is CN=C(NCCc1cccc(Cl)c1)NCc1ccc(-n2ccnc2C)nc1. The van der Waals surface area contributed by atoms with Gasteiger partial charge in [0.05, 0.1) is 0 Å². The molecule has 6 nitrogen and oxygen atoms in total. The standard InChI is InChI=1S/C20H23ClN6/c1-15-23-10-11-27(15)19-7-6-17(13-25-19)14-26-20(22-2)24-9-8-16-4-3-5-18(21)12-16/h3-7,10-13H,8-9,14H2,1-2H3,(H2,22,24,26). The molecule has 0 bridgehead atoms. The number of halogens is 1. The molecule has 0 saturated carbocycles. The second-order valence-electron chi connectivity index (χ2n) is 6.10. The Labute approximate surface area is 164 Å². The summed E-state index contributed by atoms with van der Waals surface area (Å²) in [6.45, 7) is 3.38. The van der Waals surface area contributed by atoms with E-state index in [4.69, 9.17) is 11.6 Å². The fourth-order valence-electron chi connectivity index (χ4n) is 2.71. The number of guanidine groups is 1. The molecular formula is C20H23ClN6. The van der Waals surface area contributed by atoms with E-state index in [1.54, 1.807) is 13.2 Å². The van der Waals surface area contributed by atoms with Gasteiger partial charge in [-0.15, -0.1) is 0 Å². The van der Waals surface area contributed by atoms with Crippen molar-refractivity contribution in [1.29, 1.82) is 0 Å². The molecule has 0 spiro atoms. The van der Waals surface area contributed by atoms with Crippen LogP contribution in [-0.2, 0) is 13.0 Å². The summed E-state index contributed by atoms with van der Waals surface area (Å²) in [5.41, 5.74) is 2.27. The number of aliphatic imine (C=N–C) groups is 1. The molecule has 7 heteroatoms. The first-order chi connectivity index (χ1) is 13.2. The van der Waals surface area contributed by atoms with Crippen molar-refractivity contribution in [3.05, 3.63) is 77.0 Å². The summed E-state index contributed by atoms with van der Waals surface area (Å²) in [5, 5.41) is 7.38. The van der Waals surface area contributed by atoms with E-state index >= 15 is 0 Å². The Kier molecular flexibility index (Phi) is 6.44. The normalized spacial score (nSPS) is 11.4. The number of rotatable bonds is 6. The lowest BCUT2D eigenvalue weighted by molar-refractivity contribution is 0.792. The quantitative estimate of drug-likeness (QED) is 0.507. The number of aryl methyl sites for hydroxylation is 1. The first-order valence-electron chi connectivity index (χ1n) is 8.80. The summed E-state index contributed by atoms with van der Waals surface area (Å²) < 4.78 is 1.95. The molecule has 2 heterocycles. The summed E-state index contributed by atoms with van der Waals surface area (Å²) in [6, 6.07) is 11.9. The van der Waals surface area contributed by atoms with Crippen molar-refractivity contribution in [2.75, 3.05) is 13.6 Å². The first kappa shape index (κ1) is 18.9. The van der Waals surface area contributed by atoms with Crippen molar-refractivity contribution >= 4 is 17.6 Å². The largest absolute Gasteiger partial charge is 0.356 e. The van der Waals surface area contributed by atoms with Gasteiger partial charge in [-0.05, 0) is 42.7 Å². The minimum absolute atomic E-state index is 0.646. The van der Waals surface area contributed by atoms with Crippen LogP contribution in [0.15, 0.2) is 60.0 Å². The fourth-order valence-corrected chi connectivity index (χ4v) is 2.92. The van der Waals surface area contributed by atoms with Gasteiger partial charge in [0.25, 0.3) is 0 Å². The minimum Gasteiger partial charge on any atom is -0.356 e. The predicted molar refractivity (Wildman–Crippen MR) is 109 cm³/mol. The molecule has 140 valence electrons. The first-order valence-corrected chi connectivity index (χ1v) is 9.18. The highest BCUT2D eigenvalue weighted by atomic mass is 35.5. The molecular weight excluding hydrogens is 360 g/mol. The highest BCUT2D eigenvalue weighted by molar-refractivity contribution is 6.30. The summed E-state index contributed by atoms with van der Waals surface area (Å²) in [4.78, 5) is 13.0. The van der Waals surface area contributed by atoms with Crippen LogP contribution in [0.1, 0.15) is 17.0 Å². The minimum atomic E-state index is 0.646. The highest BCUT2D eigenvalue weighted by Crippen LogP contribution is 2.11. The monoisotopic (exact) mass is 382 g/mol. The topological polar surface area (TPSA) is 67.1 Å². The van der Waals surface area contributed by atoms with Crippen LogP contribution >= 0.6 is 11.6 Å². The average Bonchev–Trinajstić information content (AvgIpc) is 3.11. The number of pyridine rings is 1. The van der Waals surface area contributed by atoms with Gasteiger partial charge in [0.2, 0.25) is 0 Å². The lowest BCUT2D eigenvalue weighted by Crippen LogP contribution is -2.37. The van der Waals surface area contributed by atoms with Crippen molar-refractivity contribution in [2.24, 2.45) is 4.99 Å². The number of nitrogens with zero attached hydrogens (tertiary/aromatic N) is 4. The van der Waals surface area contributed by atoms with E-state index in [1.165, 1.54) is 5.56 Å². The molecule has 0 aliphatic rings. The number of benzene rings is 1. The number of hydrogen-bond donors (Lipinski definition) is 2. The van der Waals surface area contributed by atoms with Gasteiger partial charge < -0.3 is 10.6 Å². The van der Waals surface area contributed by atoms with Crippen molar-refractivity contribution < 1.29 is 0 Å². The van der Waals surface area contributed by atoms with Gasteiger partial charge in [0.1, 0.15) is 11.6 Å². The zero-order chi connectivity index (χ0) is 19.1. The van der Waals surface area contributed by atoms with Crippen molar-refractivity contribution in [3.8, 4) is 5.82 Å². The van der Waals surface area contributed by atoms with Crippen LogP contribution in [-0.4, -0.2) is 34.1 Å². The number of aromatic nitrogens is 3. The predicted octanol–water partition coefficient (Wildman–Crippen LogP) is 3.14. The van der Waals surface area contributed by atoms with Gasteiger partial charge >= 0.3 is 0 Å². The molecule has 2 aromatic heterocycles. The van der Waals surface area contributed by atoms with Crippen LogP contribution < -0.4 is 10.6 Å². The maximum absolute atomic E-state index is 6.02. The smallest absolute Gasteiger partial charge is 0.191 e. The van der Waals surface area contributed by atoms with Crippen LogP contribution in [0.3, 0.4) is 0 Å². The van der Waals surface area contributed by atoms with E-state index < -0.39 is 0 Å².